The molecule has 3 heteroatoms. The Morgan fingerprint density at radius 2 is 2.06 bits per heavy atom. The van der Waals surface area contributed by atoms with Crippen molar-refractivity contribution in [3.63, 3.8) is 0 Å². The van der Waals surface area contributed by atoms with Gasteiger partial charge >= 0.3 is 0 Å². The number of rotatable bonds is 3. The van der Waals surface area contributed by atoms with Crippen molar-refractivity contribution in [2.45, 2.75) is 13.0 Å². The van der Waals surface area contributed by atoms with Gasteiger partial charge in [0, 0.05) is 17.1 Å². The lowest BCUT2D eigenvalue weighted by Gasteiger charge is -2.14. The zero-order valence-corrected chi connectivity index (χ0v) is 10.1. The largest absolute Gasteiger partial charge is 0.472 e. The summed E-state index contributed by atoms with van der Waals surface area (Å²) < 4.78 is 5.11. The van der Waals surface area contributed by atoms with Crippen LogP contribution in [0.5, 0.6) is 0 Å². The van der Waals surface area contributed by atoms with Crippen LogP contribution in [0, 0.1) is 0 Å². The third kappa shape index (κ3) is 1.95. The van der Waals surface area contributed by atoms with Crippen LogP contribution in [0.1, 0.15) is 18.5 Å². The van der Waals surface area contributed by atoms with E-state index in [9.17, 15) is 0 Å². The Balaban J connectivity index is 1.95. The maximum atomic E-state index is 5.11. The Bertz CT molecular complexity index is 641. The molecule has 0 aliphatic heterocycles. The number of hydrogen-bond acceptors (Lipinski definition) is 3. The van der Waals surface area contributed by atoms with Crippen LogP contribution in [0.3, 0.4) is 0 Å². The lowest BCUT2D eigenvalue weighted by atomic mass is 10.1. The first-order valence-electron chi connectivity index (χ1n) is 5.97. The summed E-state index contributed by atoms with van der Waals surface area (Å²) in [4.78, 5) is 4.43. The molecule has 3 nitrogen and oxygen atoms in total. The SMILES string of the molecule is CC(Nc1cccc2cccnc12)c1ccoc1. The molecular formula is C15H14N2O. The van der Waals surface area contributed by atoms with Crippen molar-refractivity contribution >= 4 is 16.6 Å². The molecule has 18 heavy (non-hydrogen) atoms. The molecule has 0 bridgehead atoms. The quantitative estimate of drug-likeness (QED) is 0.749. The molecule has 0 aliphatic carbocycles. The van der Waals surface area contributed by atoms with Gasteiger partial charge < -0.3 is 9.73 Å². The zero-order valence-electron chi connectivity index (χ0n) is 10.1. The van der Waals surface area contributed by atoms with Crippen LogP contribution in [0.25, 0.3) is 10.9 Å². The van der Waals surface area contributed by atoms with E-state index in [1.165, 1.54) is 0 Å². The fourth-order valence-corrected chi connectivity index (χ4v) is 2.06. The highest BCUT2D eigenvalue weighted by atomic mass is 16.3. The van der Waals surface area contributed by atoms with Crippen molar-refractivity contribution in [3.05, 3.63) is 60.7 Å². The van der Waals surface area contributed by atoms with E-state index in [0.29, 0.717) is 0 Å². The molecular weight excluding hydrogens is 224 g/mol. The summed E-state index contributed by atoms with van der Waals surface area (Å²) in [7, 11) is 0. The number of anilines is 1. The summed E-state index contributed by atoms with van der Waals surface area (Å²) in [5, 5.41) is 4.61. The third-order valence-corrected chi connectivity index (χ3v) is 3.05. The first-order valence-corrected chi connectivity index (χ1v) is 5.97. The summed E-state index contributed by atoms with van der Waals surface area (Å²) in [5.74, 6) is 0. The number of fused-ring (bicyclic) bond motifs is 1. The second-order valence-corrected chi connectivity index (χ2v) is 4.30. The maximum Gasteiger partial charge on any atom is 0.0955 e. The smallest absolute Gasteiger partial charge is 0.0955 e. The number of nitrogens with zero attached hydrogens (tertiary/aromatic N) is 1. The minimum Gasteiger partial charge on any atom is -0.472 e. The van der Waals surface area contributed by atoms with E-state index in [2.05, 4.69) is 29.4 Å². The molecule has 0 fully saturated rings. The number of furan rings is 1. The van der Waals surface area contributed by atoms with Gasteiger partial charge in [0.1, 0.15) is 0 Å². The molecule has 1 aromatic carbocycles. The first-order chi connectivity index (χ1) is 8.84. The summed E-state index contributed by atoms with van der Waals surface area (Å²) in [5.41, 5.74) is 3.17. The van der Waals surface area contributed by atoms with Gasteiger partial charge in [-0.05, 0) is 25.1 Å². The molecule has 0 saturated carbocycles. The van der Waals surface area contributed by atoms with Gasteiger partial charge in [0.25, 0.3) is 0 Å². The van der Waals surface area contributed by atoms with Crippen molar-refractivity contribution in [3.8, 4) is 0 Å². The van der Waals surface area contributed by atoms with Crippen molar-refractivity contribution in [1.29, 1.82) is 0 Å². The number of hydrogen-bond donors (Lipinski definition) is 1. The molecule has 1 unspecified atom stereocenters. The van der Waals surface area contributed by atoms with Gasteiger partial charge in [-0.3, -0.25) is 4.98 Å². The standard InChI is InChI=1S/C15H14N2O/c1-11(13-7-9-18-10-13)17-14-6-2-4-12-5-3-8-16-15(12)14/h2-11,17H,1H3. The molecule has 1 atom stereocenters. The van der Waals surface area contributed by atoms with E-state index >= 15 is 0 Å². The van der Waals surface area contributed by atoms with Crippen LogP contribution < -0.4 is 5.32 Å². The molecule has 3 aromatic rings. The summed E-state index contributed by atoms with van der Waals surface area (Å²) in [6.07, 6.45) is 5.26. The molecule has 2 heterocycles. The molecule has 90 valence electrons. The second kappa shape index (κ2) is 4.53. The topological polar surface area (TPSA) is 38.1 Å². The second-order valence-electron chi connectivity index (χ2n) is 4.30. The normalized spacial score (nSPS) is 12.5. The van der Waals surface area contributed by atoms with E-state index in [-0.39, 0.29) is 6.04 Å². The lowest BCUT2D eigenvalue weighted by molar-refractivity contribution is 0.562. The molecule has 0 saturated heterocycles. The fraction of sp³-hybridized carbons (Fsp3) is 0.133. The maximum absolute atomic E-state index is 5.11. The summed E-state index contributed by atoms with van der Waals surface area (Å²) >= 11 is 0. The lowest BCUT2D eigenvalue weighted by Crippen LogP contribution is -2.06. The van der Waals surface area contributed by atoms with Gasteiger partial charge in [-0.2, -0.15) is 0 Å². The molecule has 0 spiro atoms. The predicted molar refractivity (Wildman–Crippen MR) is 72.5 cm³/mol. The molecule has 0 radical (unpaired) electrons. The first kappa shape index (κ1) is 10.8. The van der Waals surface area contributed by atoms with E-state index in [0.717, 1.165) is 22.2 Å². The van der Waals surface area contributed by atoms with E-state index in [1.807, 2.05) is 30.5 Å². The Kier molecular flexibility index (Phi) is 2.73. The number of para-hydroxylation sites is 1. The van der Waals surface area contributed by atoms with Crippen LogP contribution in [0.4, 0.5) is 5.69 Å². The number of aromatic nitrogens is 1. The molecule has 3 rings (SSSR count). The van der Waals surface area contributed by atoms with Crippen LogP contribution in [0.15, 0.2) is 59.5 Å². The van der Waals surface area contributed by atoms with Crippen molar-refractivity contribution < 1.29 is 4.42 Å². The molecule has 1 N–H and O–H groups in total. The van der Waals surface area contributed by atoms with Crippen LogP contribution in [-0.4, -0.2) is 4.98 Å². The van der Waals surface area contributed by atoms with Crippen LogP contribution >= 0.6 is 0 Å². The highest BCUT2D eigenvalue weighted by Crippen LogP contribution is 2.25. The van der Waals surface area contributed by atoms with Gasteiger partial charge in [-0.15, -0.1) is 0 Å². The Labute approximate surface area is 105 Å². The monoisotopic (exact) mass is 238 g/mol. The zero-order chi connectivity index (χ0) is 12.4. The van der Waals surface area contributed by atoms with Crippen molar-refractivity contribution in [2.75, 3.05) is 5.32 Å². The summed E-state index contributed by atoms with van der Waals surface area (Å²) in [6, 6.07) is 12.3. The van der Waals surface area contributed by atoms with Gasteiger partial charge in [0.15, 0.2) is 0 Å². The molecule has 0 aliphatic rings. The van der Waals surface area contributed by atoms with E-state index in [1.54, 1.807) is 12.5 Å². The number of benzene rings is 1. The van der Waals surface area contributed by atoms with Gasteiger partial charge in [0.05, 0.1) is 29.8 Å². The average Bonchev–Trinajstić information content (AvgIpc) is 2.93. The van der Waals surface area contributed by atoms with Gasteiger partial charge in [-0.1, -0.05) is 18.2 Å². The van der Waals surface area contributed by atoms with Crippen LogP contribution in [-0.2, 0) is 0 Å². The van der Waals surface area contributed by atoms with E-state index < -0.39 is 0 Å². The van der Waals surface area contributed by atoms with Crippen molar-refractivity contribution in [2.24, 2.45) is 0 Å². The number of pyridine rings is 1. The van der Waals surface area contributed by atoms with E-state index in [4.69, 9.17) is 4.42 Å². The molecule has 2 aromatic heterocycles. The average molecular weight is 238 g/mol. The third-order valence-electron chi connectivity index (χ3n) is 3.05. The fourth-order valence-electron chi connectivity index (χ4n) is 2.06. The number of nitrogens with one attached hydrogen (secondary N) is 1. The van der Waals surface area contributed by atoms with Crippen molar-refractivity contribution in [1.82, 2.24) is 4.98 Å². The predicted octanol–water partition coefficient (Wildman–Crippen LogP) is 4.00. The van der Waals surface area contributed by atoms with Gasteiger partial charge in [-0.25, -0.2) is 0 Å². The highest BCUT2D eigenvalue weighted by Gasteiger charge is 2.08. The Hall–Kier alpha value is -2.29. The minimum atomic E-state index is 0.191. The van der Waals surface area contributed by atoms with Crippen LogP contribution in [0.2, 0.25) is 0 Å². The minimum absolute atomic E-state index is 0.191. The summed E-state index contributed by atoms with van der Waals surface area (Å²) in [6.45, 7) is 2.10. The highest BCUT2D eigenvalue weighted by molar-refractivity contribution is 5.90. The molecule has 0 amide bonds. The Morgan fingerprint density at radius 3 is 2.89 bits per heavy atom. The van der Waals surface area contributed by atoms with Gasteiger partial charge in [0.2, 0.25) is 0 Å². The Morgan fingerprint density at radius 1 is 1.17 bits per heavy atom.